The molecule has 0 radical (unpaired) electrons. The van der Waals surface area contributed by atoms with Crippen LogP contribution in [-0.2, 0) is 4.79 Å². The van der Waals surface area contributed by atoms with Crippen LogP contribution < -0.4 is 5.32 Å². The summed E-state index contributed by atoms with van der Waals surface area (Å²) >= 11 is 0. The average molecular weight is 229 g/mol. The fourth-order valence-corrected chi connectivity index (χ4v) is 2.32. The maximum Gasteiger partial charge on any atom is 0.158 e. The summed E-state index contributed by atoms with van der Waals surface area (Å²) < 4.78 is 0. The molecule has 2 nitrogen and oxygen atoms in total. The van der Waals surface area contributed by atoms with Crippen molar-refractivity contribution in [1.82, 2.24) is 5.32 Å². The van der Waals surface area contributed by atoms with Crippen molar-refractivity contribution in [2.24, 2.45) is 0 Å². The van der Waals surface area contributed by atoms with Gasteiger partial charge in [-0.1, -0.05) is 29.8 Å². The molecule has 0 saturated heterocycles. The van der Waals surface area contributed by atoms with Gasteiger partial charge in [-0.05, 0) is 31.7 Å². The highest BCUT2D eigenvalue weighted by atomic mass is 16.1. The van der Waals surface area contributed by atoms with Crippen LogP contribution in [0, 0.1) is 6.92 Å². The lowest BCUT2D eigenvalue weighted by molar-refractivity contribution is -0.115. The van der Waals surface area contributed by atoms with Crippen molar-refractivity contribution >= 4 is 5.78 Å². The van der Waals surface area contributed by atoms with Gasteiger partial charge in [0.05, 0.1) is 0 Å². The summed E-state index contributed by atoms with van der Waals surface area (Å²) in [5.41, 5.74) is 3.61. The molecule has 1 aliphatic rings. The minimum Gasteiger partial charge on any atom is -0.389 e. The van der Waals surface area contributed by atoms with Gasteiger partial charge in [0.15, 0.2) is 5.78 Å². The van der Waals surface area contributed by atoms with Gasteiger partial charge in [-0.25, -0.2) is 0 Å². The maximum absolute atomic E-state index is 11.7. The molecule has 90 valence electrons. The highest BCUT2D eigenvalue weighted by Crippen LogP contribution is 2.30. The summed E-state index contributed by atoms with van der Waals surface area (Å²) in [6.07, 6.45) is 3.34. The Morgan fingerprint density at radius 3 is 2.59 bits per heavy atom. The van der Waals surface area contributed by atoms with Gasteiger partial charge >= 0.3 is 0 Å². The van der Waals surface area contributed by atoms with Crippen LogP contribution in [0.5, 0.6) is 0 Å². The molecular weight excluding hydrogens is 210 g/mol. The van der Waals surface area contributed by atoms with Crippen molar-refractivity contribution in [3.8, 4) is 0 Å². The number of aryl methyl sites for hydroxylation is 1. The van der Waals surface area contributed by atoms with Gasteiger partial charge in [-0.2, -0.15) is 0 Å². The Labute approximate surface area is 103 Å². The summed E-state index contributed by atoms with van der Waals surface area (Å²) in [7, 11) is 0. The summed E-state index contributed by atoms with van der Waals surface area (Å²) in [6.45, 7) is 5.01. The van der Waals surface area contributed by atoms with E-state index >= 15 is 0 Å². The molecule has 0 aliphatic heterocycles. The largest absolute Gasteiger partial charge is 0.389 e. The molecule has 1 N–H and O–H groups in total. The molecule has 17 heavy (non-hydrogen) atoms. The van der Waals surface area contributed by atoms with Crippen LogP contribution in [-0.4, -0.2) is 12.3 Å². The normalized spacial score (nSPS) is 20.0. The molecule has 1 atom stereocenters. The predicted molar refractivity (Wildman–Crippen MR) is 69.9 cm³/mol. The van der Waals surface area contributed by atoms with Crippen molar-refractivity contribution in [2.75, 3.05) is 6.54 Å². The van der Waals surface area contributed by atoms with Gasteiger partial charge in [-0.3, -0.25) is 4.79 Å². The zero-order chi connectivity index (χ0) is 12.3. The minimum absolute atomic E-state index is 0.234. The zero-order valence-corrected chi connectivity index (χ0v) is 10.5. The van der Waals surface area contributed by atoms with E-state index < -0.39 is 0 Å². The minimum atomic E-state index is 0.234. The number of hydrogen-bond acceptors (Lipinski definition) is 2. The molecule has 0 unspecified atom stereocenters. The molecular formula is C15H19NO. The fourth-order valence-electron chi connectivity index (χ4n) is 2.32. The molecule has 0 spiro atoms. The molecule has 2 heteroatoms. The summed E-state index contributed by atoms with van der Waals surface area (Å²) in [5, 5.41) is 3.27. The summed E-state index contributed by atoms with van der Waals surface area (Å²) in [6, 6.07) is 8.51. The second-order valence-corrected chi connectivity index (χ2v) is 4.68. The number of carbonyl (C=O) groups is 1. The number of hydrogen-bond donors (Lipinski definition) is 1. The predicted octanol–water partition coefficient (Wildman–Crippen LogP) is 2.93. The van der Waals surface area contributed by atoms with Crippen molar-refractivity contribution in [1.29, 1.82) is 0 Å². The van der Waals surface area contributed by atoms with E-state index in [0.29, 0.717) is 12.3 Å². The first-order valence-electron chi connectivity index (χ1n) is 6.23. The molecule has 0 amide bonds. The Morgan fingerprint density at radius 1 is 1.24 bits per heavy atom. The lowest BCUT2D eigenvalue weighted by Gasteiger charge is -2.23. The molecule has 1 aromatic carbocycles. The van der Waals surface area contributed by atoms with Crippen LogP contribution in [0.25, 0.3) is 0 Å². The highest BCUT2D eigenvalue weighted by molar-refractivity contribution is 5.91. The van der Waals surface area contributed by atoms with Crippen LogP contribution in [0.2, 0.25) is 0 Å². The highest BCUT2D eigenvalue weighted by Gasteiger charge is 2.21. The fraction of sp³-hybridized carbons (Fsp3) is 0.400. The smallest absolute Gasteiger partial charge is 0.158 e. The molecule has 0 aromatic heterocycles. The first kappa shape index (κ1) is 11.9. The van der Waals surface area contributed by atoms with E-state index in [1.807, 2.05) is 0 Å². The zero-order valence-electron chi connectivity index (χ0n) is 10.5. The summed E-state index contributed by atoms with van der Waals surface area (Å²) in [5.74, 6) is 0.569. The van der Waals surface area contributed by atoms with E-state index in [4.69, 9.17) is 0 Å². The first-order valence-corrected chi connectivity index (χ1v) is 6.23. The third kappa shape index (κ3) is 2.96. The van der Waals surface area contributed by atoms with Gasteiger partial charge in [0.1, 0.15) is 0 Å². The van der Waals surface area contributed by atoms with Crippen molar-refractivity contribution in [3.63, 3.8) is 0 Å². The third-order valence-electron chi connectivity index (χ3n) is 3.20. The van der Waals surface area contributed by atoms with Crippen LogP contribution in [0.4, 0.5) is 0 Å². The van der Waals surface area contributed by atoms with Crippen LogP contribution in [0.3, 0.4) is 0 Å². The second-order valence-electron chi connectivity index (χ2n) is 4.68. The quantitative estimate of drug-likeness (QED) is 0.863. The Balaban J connectivity index is 2.15. The second kappa shape index (κ2) is 5.17. The number of nitrogens with one attached hydrogen (secondary N) is 1. The van der Waals surface area contributed by atoms with Gasteiger partial charge in [0, 0.05) is 24.7 Å². The molecule has 0 fully saturated rings. The van der Waals surface area contributed by atoms with E-state index in [0.717, 1.165) is 18.7 Å². The van der Waals surface area contributed by atoms with Crippen LogP contribution in [0.15, 0.2) is 36.0 Å². The molecule has 2 rings (SSSR count). The van der Waals surface area contributed by atoms with Crippen molar-refractivity contribution in [3.05, 3.63) is 47.2 Å². The monoisotopic (exact) mass is 229 g/mol. The van der Waals surface area contributed by atoms with Gasteiger partial charge in [-0.15, -0.1) is 0 Å². The lowest BCUT2D eigenvalue weighted by Crippen LogP contribution is -2.21. The Kier molecular flexibility index (Phi) is 3.62. The van der Waals surface area contributed by atoms with Gasteiger partial charge < -0.3 is 5.32 Å². The third-order valence-corrected chi connectivity index (χ3v) is 3.20. The Hall–Kier alpha value is -1.57. The van der Waals surface area contributed by atoms with Crippen molar-refractivity contribution < 1.29 is 4.79 Å². The standard InChI is InChI=1S/C15H19NO/c1-3-16-14-8-13(9-15(17)10-14)12-6-4-11(2)5-7-12/h4-7,10,13,16H,3,8-9H2,1-2H3/t13-/m0/s1. The summed E-state index contributed by atoms with van der Waals surface area (Å²) in [4.78, 5) is 11.7. The Morgan fingerprint density at radius 2 is 1.94 bits per heavy atom. The Bertz CT molecular complexity index is 431. The molecule has 0 heterocycles. The number of carbonyl (C=O) groups excluding carboxylic acids is 1. The molecule has 0 bridgehead atoms. The van der Waals surface area contributed by atoms with Gasteiger partial charge in [0.2, 0.25) is 0 Å². The lowest BCUT2D eigenvalue weighted by atomic mass is 9.85. The molecule has 0 saturated carbocycles. The van der Waals surface area contributed by atoms with E-state index in [1.165, 1.54) is 11.1 Å². The van der Waals surface area contributed by atoms with E-state index in [2.05, 4.69) is 43.4 Å². The van der Waals surface area contributed by atoms with E-state index in [-0.39, 0.29) is 5.78 Å². The van der Waals surface area contributed by atoms with E-state index in [9.17, 15) is 4.79 Å². The molecule has 1 aromatic rings. The number of ketones is 1. The van der Waals surface area contributed by atoms with E-state index in [1.54, 1.807) is 6.08 Å². The topological polar surface area (TPSA) is 29.1 Å². The first-order chi connectivity index (χ1) is 8.19. The number of benzene rings is 1. The van der Waals surface area contributed by atoms with Crippen LogP contribution >= 0.6 is 0 Å². The maximum atomic E-state index is 11.7. The molecule has 1 aliphatic carbocycles. The average Bonchev–Trinajstić information content (AvgIpc) is 2.29. The van der Waals surface area contributed by atoms with Crippen LogP contribution in [0.1, 0.15) is 36.8 Å². The van der Waals surface area contributed by atoms with Crippen molar-refractivity contribution in [2.45, 2.75) is 32.6 Å². The van der Waals surface area contributed by atoms with Gasteiger partial charge in [0.25, 0.3) is 0 Å². The number of rotatable bonds is 3. The SMILES string of the molecule is CCNC1=CC(=O)C[C@@H](c2ccc(C)cc2)C1. The number of allylic oxidation sites excluding steroid dienone is 2.